The minimum absolute atomic E-state index is 0.129. The van der Waals surface area contributed by atoms with Crippen molar-refractivity contribution in [3.63, 3.8) is 0 Å². The number of hydrogen-bond donors (Lipinski definition) is 0. The average Bonchev–Trinajstić information content (AvgIpc) is 1.73. The number of para-hydroxylation sites is 6. The summed E-state index contributed by atoms with van der Waals surface area (Å²) in [5.74, 6) is 0. The van der Waals surface area contributed by atoms with E-state index in [1.807, 2.05) is 0 Å². The first-order valence-electron chi connectivity index (χ1n) is 29.2. The summed E-state index contributed by atoms with van der Waals surface area (Å²) in [6.45, 7) is 9.40. The third-order valence-corrected chi connectivity index (χ3v) is 17.2. The Bertz CT molecular complexity index is 4280. The van der Waals surface area contributed by atoms with Crippen molar-refractivity contribution in [3.05, 3.63) is 360 Å². The number of rotatable bonds is 12. The Morgan fingerprint density at radius 2 is 0.512 bits per heavy atom. The molecule has 0 spiro atoms. The molecule has 84 heavy (non-hydrogen) atoms. The monoisotopic (exact) mass is 1080 g/mol. The molecular weight excluding hydrogens is 1020 g/mol. The van der Waals surface area contributed by atoms with Crippen LogP contribution >= 0.6 is 0 Å². The second kappa shape index (κ2) is 21.5. The molecule has 0 atom stereocenters. The number of fused-ring (bicyclic) bond motifs is 4. The summed E-state index contributed by atoms with van der Waals surface area (Å²) in [6.07, 6.45) is 0. The summed E-state index contributed by atoms with van der Waals surface area (Å²) in [5, 5.41) is 0. The summed E-state index contributed by atoms with van der Waals surface area (Å²) in [4.78, 5) is 9.60. The fraction of sp³-hybridized carbons (Fsp3) is 0.0750. The van der Waals surface area contributed by atoms with Gasteiger partial charge in [-0.2, -0.15) is 0 Å². The van der Waals surface area contributed by atoms with Gasteiger partial charge in [-0.05, 0) is 177 Å². The van der Waals surface area contributed by atoms with Gasteiger partial charge in [0.15, 0.2) is 0 Å². The minimum Gasteiger partial charge on any atom is -0.311 e. The molecule has 0 saturated carbocycles. The smallest absolute Gasteiger partial charge is 0.0504 e. The van der Waals surface area contributed by atoms with Crippen LogP contribution in [0, 0.1) is 0 Å². The Labute approximate surface area is 494 Å². The van der Waals surface area contributed by atoms with E-state index >= 15 is 0 Å². The fourth-order valence-electron chi connectivity index (χ4n) is 13.1. The molecule has 4 nitrogen and oxygen atoms in total. The number of nitrogens with zero attached hydrogens (tertiary/aromatic N) is 4. The van der Waals surface area contributed by atoms with Crippen LogP contribution in [-0.4, -0.2) is 0 Å². The topological polar surface area (TPSA) is 13.0 Å². The molecule has 0 fully saturated rings. The second-order valence-corrected chi connectivity index (χ2v) is 22.9. The summed E-state index contributed by atoms with van der Waals surface area (Å²) in [7, 11) is 0. The largest absolute Gasteiger partial charge is 0.311 e. The highest BCUT2D eigenvalue weighted by Crippen LogP contribution is 2.55. The van der Waals surface area contributed by atoms with Crippen molar-refractivity contribution >= 4 is 79.4 Å². The van der Waals surface area contributed by atoms with Gasteiger partial charge in [0.25, 0.3) is 0 Å². The van der Waals surface area contributed by atoms with Gasteiger partial charge in [-0.1, -0.05) is 222 Å². The molecular formula is C80H64N4. The molecule has 12 aromatic carbocycles. The third-order valence-electron chi connectivity index (χ3n) is 17.2. The molecule has 0 saturated heterocycles. The predicted molar refractivity (Wildman–Crippen MR) is 354 cm³/mol. The highest BCUT2D eigenvalue weighted by molar-refractivity contribution is 6.05. The van der Waals surface area contributed by atoms with Crippen molar-refractivity contribution in [1.29, 1.82) is 0 Å². The van der Waals surface area contributed by atoms with E-state index in [2.05, 4.69) is 363 Å². The molecule has 12 aromatic rings. The molecule has 0 bridgehead atoms. The predicted octanol–water partition coefficient (Wildman–Crippen LogP) is 21.9. The van der Waals surface area contributed by atoms with Crippen molar-refractivity contribution < 1.29 is 0 Å². The Balaban J connectivity index is 0.860. The van der Waals surface area contributed by atoms with Gasteiger partial charge in [-0.15, -0.1) is 0 Å². The van der Waals surface area contributed by atoms with E-state index in [0.717, 1.165) is 78.9 Å². The van der Waals surface area contributed by atoms with Crippen LogP contribution in [0.25, 0.3) is 11.1 Å². The van der Waals surface area contributed by atoms with E-state index in [1.165, 1.54) is 45.0 Å². The van der Waals surface area contributed by atoms with E-state index in [9.17, 15) is 0 Å². The zero-order valence-corrected chi connectivity index (χ0v) is 47.8. The zero-order valence-electron chi connectivity index (χ0n) is 47.8. The summed E-state index contributed by atoms with van der Waals surface area (Å²) in [5.41, 5.74) is 25.2. The molecule has 0 unspecified atom stereocenters. The maximum atomic E-state index is 2.42. The number of benzene rings is 12. The molecule has 0 N–H and O–H groups in total. The molecule has 14 rings (SSSR count). The number of anilines is 12. The standard InChI is InChI=1S/C80H64N4/c1-79(2)69-36-20-23-39-73(69)84(74-40-24-21-37-70(74)79)67-52-50-66(51-53-67)81(61-30-14-7-15-31-61)64-46-42-59(43-47-64)77(57-26-10-5-11-27-57)78(58-28-12-6-13-29-58)60-44-48-65(49-45-60)82(62-32-16-8-17-33-62)68-54-55-76-72(56-68)80(3,4)71-38-22-25-41-75(71)83(76)63-34-18-9-19-35-63/h5-56H,1-4H3. The van der Waals surface area contributed by atoms with Crippen molar-refractivity contribution in [2.45, 2.75) is 38.5 Å². The lowest BCUT2D eigenvalue weighted by Gasteiger charge is -2.42. The molecule has 0 aromatic heterocycles. The molecule has 0 radical (unpaired) electrons. The lowest BCUT2D eigenvalue weighted by atomic mass is 9.73. The van der Waals surface area contributed by atoms with Gasteiger partial charge in [0.1, 0.15) is 0 Å². The van der Waals surface area contributed by atoms with Crippen LogP contribution in [0.2, 0.25) is 0 Å². The second-order valence-electron chi connectivity index (χ2n) is 22.9. The maximum Gasteiger partial charge on any atom is 0.0504 e. The Morgan fingerprint density at radius 3 is 0.929 bits per heavy atom. The third kappa shape index (κ3) is 9.13. The highest BCUT2D eigenvalue weighted by Gasteiger charge is 2.39. The molecule has 2 aliphatic heterocycles. The maximum absolute atomic E-state index is 2.42. The van der Waals surface area contributed by atoms with Gasteiger partial charge in [0.2, 0.25) is 0 Å². The van der Waals surface area contributed by atoms with E-state index < -0.39 is 0 Å². The lowest BCUT2D eigenvalue weighted by molar-refractivity contribution is 0.632. The number of hydrogen-bond acceptors (Lipinski definition) is 4. The van der Waals surface area contributed by atoms with Crippen molar-refractivity contribution in [1.82, 2.24) is 0 Å². The fourth-order valence-corrected chi connectivity index (χ4v) is 13.1. The van der Waals surface area contributed by atoms with Gasteiger partial charge >= 0.3 is 0 Å². The molecule has 404 valence electrons. The van der Waals surface area contributed by atoms with Crippen molar-refractivity contribution in [2.75, 3.05) is 19.6 Å². The summed E-state index contributed by atoms with van der Waals surface area (Å²) < 4.78 is 0. The van der Waals surface area contributed by atoms with Crippen LogP contribution < -0.4 is 19.6 Å². The van der Waals surface area contributed by atoms with Crippen molar-refractivity contribution in [3.8, 4) is 0 Å². The molecule has 2 heterocycles. The van der Waals surface area contributed by atoms with Crippen molar-refractivity contribution in [2.24, 2.45) is 0 Å². The molecule has 0 aliphatic carbocycles. The van der Waals surface area contributed by atoms with Gasteiger partial charge in [0.05, 0.1) is 22.7 Å². The lowest BCUT2D eigenvalue weighted by Crippen LogP contribution is -2.30. The van der Waals surface area contributed by atoms with Crippen LogP contribution in [0.5, 0.6) is 0 Å². The van der Waals surface area contributed by atoms with Gasteiger partial charge in [-0.25, -0.2) is 0 Å². The summed E-state index contributed by atoms with van der Waals surface area (Å²) in [6, 6.07) is 115. The Kier molecular flexibility index (Phi) is 13.2. The SMILES string of the molecule is CC1(C)c2ccccc2N(c2ccc(N(c3ccccc3)c3ccc(C(=C(c4ccccc4)c4ccc(N(c5ccccc5)c5ccc6c(c5)C(C)(C)c5ccccc5N6c5ccccc5)cc4)c4ccccc4)cc3)cc2)c2ccccc21. The molecule has 0 amide bonds. The minimum atomic E-state index is -0.265. The van der Waals surface area contributed by atoms with Crippen LogP contribution in [0.4, 0.5) is 68.2 Å². The van der Waals surface area contributed by atoms with E-state index in [-0.39, 0.29) is 10.8 Å². The van der Waals surface area contributed by atoms with E-state index in [0.29, 0.717) is 0 Å². The zero-order chi connectivity index (χ0) is 56.8. The van der Waals surface area contributed by atoms with Crippen LogP contribution in [0.1, 0.15) is 72.2 Å². The first-order valence-corrected chi connectivity index (χ1v) is 29.2. The van der Waals surface area contributed by atoms with Gasteiger partial charge in [-0.3, -0.25) is 0 Å². The first-order chi connectivity index (χ1) is 41.2. The summed E-state index contributed by atoms with van der Waals surface area (Å²) >= 11 is 0. The van der Waals surface area contributed by atoms with Crippen LogP contribution in [0.15, 0.2) is 315 Å². The van der Waals surface area contributed by atoms with Crippen LogP contribution in [-0.2, 0) is 10.8 Å². The average molecular weight is 1080 g/mol. The Hall–Kier alpha value is -10.4. The van der Waals surface area contributed by atoms with Crippen LogP contribution in [0.3, 0.4) is 0 Å². The first kappa shape index (κ1) is 51.7. The van der Waals surface area contributed by atoms with Gasteiger partial charge < -0.3 is 19.6 Å². The Morgan fingerprint density at radius 1 is 0.238 bits per heavy atom. The van der Waals surface area contributed by atoms with Gasteiger partial charge in [0, 0.05) is 56.3 Å². The van der Waals surface area contributed by atoms with E-state index in [4.69, 9.17) is 0 Å². The molecule has 4 heteroatoms. The normalized spacial score (nSPS) is 13.8. The van der Waals surface area contributed by atoms with E-state index in [1.54, 1.807) is 0 Å². The quantitative estimate of drug-likeness (QED) is 0.113. The highest BCUT2D eigenvalue weighted by atomic mass is 15.2. The molecule has 2 aliphatic rings.